The van der Waals surface area contributed by atoms with Gasteiger partial charge in [0.05, 0.1) is 0 Å². The Morgan fingerprint density at radius 1 is 1.07 bits per heavy atom. The average Bonchev–Trinajstić information content (AvgIpc) is 3.37. The SMILES string of the molecule is O=[N+]([O-])c1cn2c(n1)OCCN(Cc1ccc(-c3ccc4[nH]ccc4c3)cc1)CC2. The summed E-state index contributed by atoms with van der Waals surface area (Å²) in [6.45, 7) is 3.36. The Morgan fingerprint density at radius 2 is 1.90 bits per heavy atom. The van der Waals surface area contributed by atoms with E-state index in [1.54, 1.807) is 4.57 Å². The van der Waals surface area contributed by atoms with Crippen molar-refractivity contribution in [2.24, 2.45) is 0 Å². The molecule has 152 valence electrons. The summed E-state index contributed by atoms with van der Waals surface area (Å²) in [5.74, 6) is -0.174. The summed E-state index contributed by atoms with van der Waals surface area (Å²) in [6, 6.07) is 17.5. The number of aromatic nitrogens is 3. The van der Waals surface area contributed by atoms with E-state index in [4.69, 9.17) is 4.74 Å². The van der Waals surface area contributed by atoms with E-state index in [9.17, 15) is 10.1 Å². The lowest BCUT2D eigenvalue weighted by molar-refractivity contribution is -0.389. The van der Waals surface area contributed by atoms with Crippen molar-refractivity contribution >= 4 is 16.7 Å². The van der Waals surface area contributed by atoms with Gasteiger partial charge in [0.15, 0.2) is 0 Å². The zero-order valence-corrected chi connectivity index (χ0v) is 16.3. The number of nitro groups is 1. The van der Waals surface area contributed by atoms with Crippen LogP contribution >= 0.6 is 0 Å². The summed E-state index contributed by atoms with van der Waals surface area (Å²) in [6.07, 6.45) is 3.39. The van der Waals surface area contributed by atoms with Crippen molar-refractivity contribution in [2.45, 2.75) is 13.1 Å². The molecule has 2 aromatic carbocycles. The first-order valence-corrected chi connectivity index (χ1v) is 9.89. The monoisotopic (exact) mass is 403 g/mol. The zero-order valence-electron chi connectivity index (χ0n) is 16.3. The van der Waals surface area contributed by atoms with Gasteiger partial charge < -0.3 is 19.8 Å². The number of aromatic amines is 1. The fraction of sp³-hybridized carbons (Fsp3) is 0.227. The van der Waals surface area contributed by atoms with E-state index in [-0.39, 0.29) is 5.82 Å². The molecule has 0 amide bonds. The van der Waals surface area contributed by atoms with Gasteiger partial charge in [-0.05, 0) is 45.2 Å². The molecule has 0 spiro atoms. The van der Waals surface area contributed by atoms with Gasteiger partial charge in [0.2, 0.25) is 0 Å². The van der Waals surface area contributed by atoms with Gasteiger partial charge >= 0.3 is 11.8 Å². The molecule has 0 saturated carbocycles. The molecule has 0 fully saturated rings. The third kappa shape index (κ3) is 3.65. The number of hydrogen-bond acceptors (Lipinski definition) is 5. The van der Waals surface area contributed by atoms with Crippen LogP contribution in [0.5, 0.6) is 6.01 Å². The Balaban J connectivity index is 1.27. The van der Waals surface area contributed by atoms with E-state index in [1.807, 2.05) is 6.20 Å². The largest absolute Gasteiger partial charge is 0.444 e. The Hall–Kier alpha value is -3.65. The van der Waals surface area contributed by atoms with Crippen LogP contribution in [0.3, 0.4) is 0 Å². The van der Waals surface area contributed by atoms with Crippen LogP contribution in [0.15, 0.2) is 60.9 Å². The molecule has 0 atom stereocenters. The Labute approximate surface area is 172 Å². The molecule has 2 aromatic heterocycles. The van der Waals surface area contributed by atoms with E-state index in [1.165, 1.54) is 28.3 Å². The molecule has 1 aliphatic rings. The molecule has 0 saturated heterocycles. The van der Waals surface area contributed by atoms with Gasteiger partial charge in [0, 0.05) is 42.9 Å². The van der Waals surface area contributed by atoms with E-state index in [0.29, 0.717) is 19.2 Å². The second-order valence-corrected chi connectivity index (χ2v) is 7.43. The second kappa shape index (κ2) is 7.64. The maximum absolute atomic E-state index is 10.9. The number of fused-ring (bicyclic) bond motifs is 2. The minimum atomic E-state index is -0.492. The summed E-state index contributed by atoms with van der Waals surface area (Å²) in [4.78, 5) is 19.9. The Morgan fingerprint density at radius 3 is 2.73 bits per heavy atom. The maximum atomic E-state index is 10.9. The van der Waals surface area contributed by atoms with Gasteiger partial charge in [-0.1, -0.05) is 30.3 Å². The topological polar surface area (TPSA) is 89.2 Å². The van der Waals surface area contributed by atoms with Crippen LogP contribution in [0.1, 0.15) is 5.56 Å². The molecule has 30 heavy (non-hydrogen) atoms. The van der Waals surface area contributed by atoms with Crippen LogP contribution in [0, 0.1) is 10.1 Å². The standard InChI is InChI=1S/C22H21N5O3/c28-27(29)21-15-26-10-9-25(11-12-30-22(26)24-21)14-16-1-3-17(4-2-16)18-5-6-20-19(13-18)7-8-23-20/h1-8,13,15,23H,9-12,14H2. The summed E-state index contributed by atoms with van der Waals surface area (Å²) >= 11 is 0. The smallest absolute Gasteiger partial charge is 0.414 e. The van der Waals surface area contributed by atoms with Crippen molar-refractivity contribution in [1.82, 2.24) is 19.4 Å². The molecule has 1 N–H and O–H groups in total. The molecular weight excluding hydrogens is 382 g/mol. The molecule has 1 aliphatic heterocycles. The first-order valence-electron chi connectivity index (χ1n) is 9.89. The van der Waals surface area contributed by atoms with Gasteiger partial charge in [0.25, 0.3) is 0 Å². The van der Waals surface area contributed by atoms with E-state index in [0.717, 1.165) is 25.2 Å². The van der Waals surface area contributed by atoms with Crippen LogP contribution in [0.25, 0.3) is 22.0 Å². The van der Waals surface area contributed by atoms with Gasteiger partial charge in [-0.3, -0.25) is 9.47 Å². The van der Waals surface area contributed by atoms with Crippen molar-refractivity contribution < 1.29 is 9.66 Å². The van der Waals surface area contributed by atoms with Crippen LogP contribution in [-0.4, -0.2) is 44.1 Å². The van der Waals surface area contributed by atoms with Gasteiger partial charge in [0.1, 0.15) is 12.8 Å². The minimum Gasteiger partial charge on any atom is -0.444 e. The summed E-state index contributed by atoms with van der Waals surface area (Å²) < 4.78 is 7.35. The van der Waals surface area contributed by atoms with Crippen LogP contribution in [-0.2, 0) is 13.1 Å². The van der Waals surface area contributed by atoms with Gasteiger partial charge in [-0.2, -0.15) is 0 Å². The molecule has 8 nitrogen and oxygen atoms in total. The molecular formula is C22H21N5O3. The van der Waals surface area contributed by atoms with E-state index < -0.39 is 4.92 Å². The van der Waals surface area contributed by atoms with Crippen LogP contribution in [0.2, 0.25) is 0 Å². The van der Waals surface area contributed by atoms with Crippen molar-refractivity contribution in [3.05, 3.63) is 76.6 Å². The van der Waals surface area contributed by atoms with Crippen molar-refractivity contribution in [2.75, 3.05) is 19.7 Å². The number of imidazole rings is 1. The predicted molar refractivity (Wildman–Crippen MR) is 113 cm³/mol. The lowest BCUT2D eigenvalue weighted by Crippen LogP contribution is -2.33. The highest BCUT2D eigenvalue weighted by Crippen LogP contribution is 2.25. The number of ether oxygens (including phenoxy) is 1. The Bertz CT molecular complexity index is 1200. The summed E-state index contributed by atoms with van der Waals surface area (Å²) in [7, 11) is 0. The Kier molecular flexibility index (Phi) is 4.68. The summed E-state index contributed by atoms with van der Waals surface area (Å²) in [5, 5.41) is 12.1. The lowest BCUT2D eigenvalue weighted by Gasteiger charge is -2.24. The maximum Gasteiger partial charge on any atom is 0.414 e. The number of hydrogen-bond donors (Lipinski definition) is 1. The predicted octanol–water partition coefficient (Wildman–Crippen LogP) is 3.83. The molecule has 0 unspecified atom stereocenters. The first kappa shape index (κ1) is 18.4. The van der Waals surface area contributed by atoms with Crippen LogP contribution < -0.4 is 4.74 Å². The quantitative estimate of drug-likeness (QED) is 0.413. The van der Waals surface area contributed by atoms with Crippen molar-refractivity contribution in [1.29, 1.82) is 0 Å². The van der Waals surface area contributed by atoms with Gasteiger partial charge in [-0.15, -0.1) is 0 Å². The lowest BCUT2D eigenvalue weighted by atomic mass is 10.0. The fourth-order valence-electron chi connectivity index (χ4n) is 3.83. The van der Waals surface area contributed by atoms with Crippen LogP contribution in [0.4, 0.5) is 5.82 Å². The zero-order chi connectivity index (χ0) is 20.5. The van der Waals surface area contributed by atoms with Crippen molar-refractivity contribution in [3.63, 3.8) is 0 Å². The molecule has 3 heterocycles. The van der Waals surface area contributed by atoms with Crippen molar-refractivity contribution in [3.8, 4) is 17.1 Å². The average molecular weight is 403 g/mol. The number of nitrogens with zero attached hydrogens (tertiary/aromatic N) is 4. The highest BCUT2D eigenvalue weighted by Gasteiger charge is 2.22. The first-order chi connectivity index (χ1) is 14.7. The second-order valence-electron chi connectivity index (χ2n) is 7.43. The number of benzene rings is 2. The highest BCUT2D eigenvalue weighted by molar-refractivity contribution is 5.85. The fourth-order valence-corrected chi connectivity index (χ4v) is 3.83. The number of nitrogens with one attached hydrogen (secondary N) is 1. The minimum absolute atomic E-state index is 0.174. The normalized spacial score (nSPS) is 14.7. The molecule has 4 aromatic rings. The molecule has 8 heteroatoms. The third-order valence-electron chi connectivity index (χ3n) is 5.46. The number of rotatable bonds is 4. The molecule has 0 radical (unpaired) electrons. The summed E-state index contributed by atoms with van der Waals surface area (Å²) in [5.41, 5.74) is 4.75. The molecule has 0 aliphatic carbocycles. The highest BCUT2D eigenvalue weighted by atomic mass is 16.6. The number of H-pyrrole nitrogens is 1. The molecule has 5 rings (SSSR count). The van der Waals surface area contributed by atoms with E-state index in [2.05, 4.69) is 63.4 Å². The third-order valence-corrected chi connectivity index (χ3v) is 5.46. The molecule has 0 bridgehead atoms. The van der Waals surface area contributed by atoms with Gasteiger partial charge in [-0.25, -0.2) is 0 Å². The van der Waals surface area contributed by atoms with E-state index >= 15 is 0 Å².